The van der Waals surface area contributed by atoms with Crippen molar-refractivity contribution >= 4 is 25.2 Å². The molecule has 0 aliphatic rings. The van der Waals surface area contributed by atoms with Crippen molar-refractivity contribution in [2.75, 3.05) is 25.6 Å². The molecule has 0 saturated carbocycles. The van der Waals surface area contributed by atoms with E-state index in [2.05, 4.69) is 0 Å². The Morgan fingerprint density at radius 3 is 2.23 bits per heavy atom. The highest BCUT2D eigenvalue weighted by molar-refractivity contribution is 7.54. The first-order valence-corrected chi connectivity index (χ1v) is 9.20. The molecule has 1 unspecified atom stereocenters. The minimum Gasteiger partial charge on any atom is -0.351 e. The molecule has 0 heterocycles. The van der Waals surface area contributed by atoms with Crippen LogP contribution in [0.2, 0.25) is 0 Å². The van der Waals surface area contributed by atoms with Gasteiger partial charge in [-0.3, -0.25) is 4.57 Å². The summed E-state index contributed by atoms with van der Waals surface area (Å²) in [5.41, 5.74) is 6.07. The van der Waals surface area contributed by atoms with E-state index in [1.165, 1.54) is 4.90 Å². The summed E-state index contributed by atoms with van der Waals surface area (Å²) in [7, 11) is -3.62. The Morgan fingerprint density at radius 1 is 1.27 bits per heavy atom. The van der Waals surface area contributed by atoms with Crippen LogP contribution < -0.4 is 5.73 Å². The Kier molecular flexibility index (Phi) is 7.90. The van der Waals surface area contributed by atoms with Crippen molar-refractivity contribution in [3.05, 3.63) is 35.9 Å². The quantitative estimate of drug-likeness (QED) is 0.546. The molecule has 0 fully saturated rings. The fourth-order valence-electron chi connectivity index (χ4n) is 2.14. The van der Waals surface area contributed by atoms with Crippen molar-refractivity contribution < 1.29 is 18.4 Å². The molecule has 22 heavy (non-hydrogen) atoms. The van der Waals surface area contributed by atoms with E-state index in [1.807, 2.05) is 6.07 Å². The van der Waals surface area contributed by atoms with Gasteiger partial charge < -0.3 is 19.7 Å². The Morgan fingerprint density at radius 2 is 1.82 bits per heavy atom. The molecule has 0 spiro atoms. The molecular formula is C14H22ClN2O4P. The molecule has 0 aliphatic heterocycles. The lowest BCUT2D eigenvalue weighted by molar-refractivity contribution is 0.167. The smallest absolute Gasteiger partial charge is 0.351 e. The zero-order valence-electron chi connectivity index (χ0n) is 12.8. The lowest BCUT2D eigenvalue weighted by Crippen LogP contribution is -2.40. The number of hydrogen-bond donors (Lipinski definition) is 1. The molecule has 1 atom stereocenters. The second-order valence-corrected chi connectivity index (χ2v) is 6.84. The van der Waals surface area contributed by atoms with Crippen molar-refractivity contribution in [3.63, 3.8) is 0 Å². The van der Waals surface area contributed by atoms with Crippen LogP contribution in [-0.4, -0.2) is 36.6 Å². The van der Waals surface area contributed by atoms with E-state index in [-0.39, 0.29) is 25.6 Å². The molecule has 124 valence electrons. The van der Waals surface area contributed by atoms with Crippen LogP contribution in [0.5, 0.6) is 0 Å². The predicted octanol–water partition coefficient (Wildman–Crippen LogP) is 3.57. The first-order chi connectivity index (χ1) is 10.5. The third-order valence-electron chi connectivity index (χ3n) is 2.92. The van der Waals surface area contributed by atoms with Gasteiger partial charge in [-0.1, -0.05) is 30.3 Å². The first-order valence-electron chi connectivity index (χ1n) is 7.05. The van der Waals surface area contributed by atoms with Gasteiger partial charge in [0.1, 0.15) is 0 Å². The minimum absolute atomic E-state index is 0.139. The molecular weight excluding hydrogens is 327 g/mol. The number of nitrogens with zero attached hydrogens (tertiary/aromatic N) is 1. The number of amides is 2. The number of primary amides is 1. The van der Waals surface area contributed by atoms with Crippen LogP contribution in [0.1, 0.15) is 25.2 Å². The maximum Gasteiger partial charge on any atom is 0.357 e. The minimum atomic E-state index is -3.62. The maximum absolute atomic E-state index is 13.2. The van der Waals surface area contributed by atoms with E-state index in [1.54, 1.807) is 38.1 Å². The first kappa shape index (κ1) is 19.0. The van der Waals surface area contributed by atoms with E-state index in [9.17, 15) is 9.36 Å². The van der Waals surface area contributed by atoms with Crippen molar-refractivity contribution in [2.45, 2.75) is 19.6 Å². The standard InChI is InChI=1S/C14H22ClN2O4P/c1-3-20-22(19,21-4-2)13(12-8-6-5-7-9-12)17(11-10-15)14(16)18/h5-9,13H,3-4,10-11H2,1-2H3,(H2,16,18). The Bertz CT molecular complexity index is 505. The molecule has 0 radical (unpaired) electrons. The van der Waals surface area contributed by atoms with Gasteiger partial charge in [0.25, 0.3) is 0 Å². The average Bonchev–Trinajstić information content (AvgIpc) is 2.48. The Labute approximate surface area is 136 Å². The molecule has 0 aliphatic carbocycles. The van der Waals surface area contributed by atoms with Crippen LogP contribution >= 0.6 is 19.2 Å². The van der Waals surface area contributed by atoms with Gasteiger partial charge in [0.05, 0.1) is 13.2 Å². The number of benzene rings is 1. The molecule has 8 heteroatoms. The van der Waals surface area contributed by atoms with Crippen molar-refractivity contribution in [1.82, 2.24) is 4.90 Å². The van der Waals surface area contributed by atoms with E-state index in [0.717, 1.165) is 0 Å². The third kappa shape index (κ3) is 4.71. The molecule has 1 aromatic rings. The molecule has 6 nitrogen and oxygen atoms in total. The van der Waals surface area contributed by atoms with Crippen LogP contribution in [0.3, 0.4) is 0 Å². The average molecular weight is 349 g/mol. The molecule has 0 saturated heterocycles. The number of nitrogens with two attached hydrogens (primary N) is 1. The predicted molar refractivity (Wildman–Crippen MR) is 87.1 cm³/mol. The molecule has 1 rings (SSSR count). The van der Waals surface area contributed by atoms with E-state index in [0.29, 0.717) is 5.56 Å². The summed E-state index contributed by atoms with van der Waals surface area (Å²) in [6, 6.07) is 8.16. The largest absolute Gasteiger partial charge is 0.357 e. The fourth-order valence-corrected chi connectivity index (χ4v) is 4.51. The molecule has 2 N–H and O–H groups in total. The number of carbonyl (C=O) groups excluding carboxylic acids is 1. The van der Waals surface area contributed by atoms with Gasteiger partial charge in [-0.2, -0.15) is 0 Å². The lowest BCUT2D eigenvalue weighted by atomic mass is 10.2. The van der Waals surface area contributed by atoms with Gasteiger partial charge in [-0.15, -0.1) is 11.6 Å². The van der Waals surface area contributed by atoms with E-state index in [4.69, 9.17) is 26.4 Å². The molecule has 0 aromatic heterocycles. The summed E-state index contributed by atoms with van der Waals surface area (Å²) >= 11 is 5.76. The van der Waals surface area contributed by atoms with Gasteiger partial charge in [0.15, 0.2) is 5.78 Å². The normalized spacial score (nSPS) is 12.9. The molecule has 2 amide bonds. The van der Waals surface area contributed by atoms with Crippen LogP contribution in [0, 0.1) is 0 Å². The van der Waals surface area contributed by atoms with E-state index < -0.39 is 19.4 Å². The summed E-state index contributed by atoms with van der Waals surface area (Å²) in [5.74, 6) is -0.769. The number of rotatable bonds is 9. The number of urea groups is 1. The SMILES string of the molecule is CCOP(=O)(OCC)C(c1ccccc1)N(CCCl)C(N)=O. The maximum atomic E-state index is 13.2. The third-order valence-corrected chi connectivity index (χ3v) is 5.50. The summed E-state index contributed by atoms with van der Waals surface area (Å²) in [6.45, 7) is 3.94. The van der Waals surface area contributed by atoms with E-state index >= 15 is 0 Å². The fraction of sp³-hybridized carbons (Fsp3) is 0.500. The number of hydrogen-bond acceptors (Lipinski definition) is 4. The lowest BCUT2D eigenvalue weighted by Gasteiger charge is -2.34. The monoisotopic (exact) mass is 348 g/mol. The summed E-state index contributed by atoms with van der Waals surface area (Å²) < 4.78 is 24.0. The topological polar surface area (TPSA) is 81.9 Å². The Balaban J connectivity index is 3.37. The van der Waals surface area contributed by atoms with Crippen LogP contribution in [0.15, 0.2) is 30.3 Å². The summed E-state index contributed by atoms with van der Waals surface area (Å²) in [4.78, 5) is 13.0. The van der Waals surface area contributed by atoms with Gasteiger partial charge in [-0.25, -0.2) is 4.79 Å². The van der Waals surface area contributed by atoms with Crippen molar-refractivity contribution in [3.8, 4) is 0 Å². The highest BCUT2D eigenvalue weighted by Gasteiger charge is 2.42. The van der Waals surface area contributed by atoms with Gasteiger partial charge >= 0.3 is 13.6 Å². The Hall–Kier alpha value is -1.07. The van der Waals surface area contributed by atoms with Gasteiger partial charge in [-0.05, 0) is 19.4 Å². The van der Waals surface area contributed by atoms with Crippen molar-refractivity contribution in [1.29, 1.82) is 0 Å². The van der Waals surface area contributed by atoms with Crippen LogP contribution in [0.4, 0.5) is 4.79 Å². The van der Waals surface area contributed by atoms with Crippen LogP contribution in [0.25, 0.3) is 0 Å². The highest BCUT2D eigenvalue weighted by atomic mass is 35.5. The van der Waals surface area contributed by atoms with Crippen molar-refractivity contribution in [2.24, 2.45) is 5.73 Å². The zero-order valence-corrected chi connectivity index (χ0v) is 14.4. The molecule has 0 bridgehead atoms. The summed E-state index contributed by atoms with van der Waals surface area (Å²) in [6.07, 6.45) is 0. The summed E-state index contributed by atoms with van der Waals surface area (Å²) in [5, 5.41) is 0. The number of carbonyl (C=O) groups is 1. The zero-order chi connectivity index (χ0) is 16.6. The highest BCUT2D eigenvalue weighted by Crippen LogP contribution is 2.62. The number of alkyl halides is 1. The van der Waals surface area contributed by atoms with Crippen LogP contribution in [-0.2, 0) is 13.6 Å². The number of halogens is 1. The second kappa shape index (κ2) is 9.16. The van der Waals surface area contributed by atoms with Gasteiger partial charge in [0.2, 0.25) is 0 Å². The molecule has 1 aromatic carbocycles. The second-order valence-electron chi connectivity index (χ2n) is 4.38. The van der Waals surface area contributed by atoms with Gasteiger partial charge in [0, 0.05) is 12.4 Å².